The molecule has 0 aliphatic carbocycles. The Balaban J connectivity index is 1.52. The van der Waals surface area contributed by atoms with Gasteiger partial charge in [0.25, 0.3) is 0 Å². The van der Waals surface area contributed by atoms with Crippen LogP contribution in [0.5, 0.6) is 0 Å². The van der Waals surface area contributed by atoms with E-state index in [0.717, 1.165) is 42.8 Å². The Hall–Kier alpha value is -2.44. The zero-order chi connectivity index (χ0) is 17.7. The van der Waals surface area contributed by atoms with Gasteiger partial charge in [-0.3, -0.25) is 0 Å². The van der Waals surface area contributed by atoms with Crippen LogP contribution in [0.15, 0.2) is 82.3 Å². The Morgan fingerprint density at radius 2 is 0.962 bits per heavy atom. The maximum Gasteiger partial charge on any atom is 0.137 e. The SMILES string of the molecule is Brc1ccc2nc(-c3ccc(-c4cn5cc(Br)ccc5n4)cc3)cn2c1. The van der Waals surface area contributed by atoms with E-state index >= 15 is 0 Å². The summed E-state index contributed by atoms with van der Waals surface area (Å²) in [6, 6.07) is 16.3. The predicted molar refractivity (Wildman–Crippen MR) is 110 cm³/mol. The van der Waals surface area contributed by atoms with Gasteiger partial charge in [-0.05, 0) is 56.1 Å². The molecule has 0 atom stereocenters. The third kappa shape index (κ3) is 2.75. The number of halogens is 2. The topological polar surface area (TPSA) is 34.6 Å². The lowest BCUT2D eigenvalue weighted by Crippen LogP contribution is -1.80. The highest BCUT2D eigenvalue weighted by molar-refractivity contribution is 9.10. The van der Waals surface area contributed by atoms with E-state index < -0.39 is 0 Å². The molecule has 0 unspecified atom stereocenters. The molecule has 0 radical (unpaired) electrons. The molecule has 0 spiro atoms. The number of benzene rings is 1. The fourth-order valence-electron chi connectivity index (χ4n) is 3.02. The van der Waals surface area contributed by atoms with E-state index in [2.05, 4.69) is 66.1 Å². The van der Waals surface area contributed by atoms with Crippen LogP contribution in [0.3, 0.4) is 0 Å². The van der Waals surface area contributed by atoms with Gasteiger partial charge in [0.05, 0.1) is 11.4 Å². The van der Waals surface area contributed by atoms with Crippen molar-refractivity contribution in [1.29, 1.82) is 0 Å². The first kappa shape index (κ1) is 15.8. The van der Waals surface area contributed by atoms with Crippen LogP contribution in [-0.2, 0) is 0 Å². The minimum Gasteiger partial charge on any atom is -0.305 e. The van der Waals surface area contributed by atoms with E-state index in [1.54, 1.807) is 0 Å². The standard InChI is InChI=1S/C20H12Br2N4/c21-15-5-7-19-23-17(11-25(19)9-15)13-1-2-14(4-3-13)18-12-26-10-16(22)6-8-20(26)24-18/h1-12H. The van der Waals surface area contributed by atoms with Gasteiger partial charge in [0.1, 0.15) is 11.3 Å². The van der Waals surface area contributed by atoms with E-state index in [0.29, 0.717) is 0 Å². The van der Waals surface area contributed by atoms with Crippen molar-refractivity contribution in [2.24, 2.45) is 0 Å². The monoisotopic (exact) mass is 466 g/mol. The third-order valence-corrected chi connectivity index (χ3v) is 5.24. The minimum absolute atomic E-state index is 0.929. The summed E-state index contributed by atoms with van der Waals surface area (Å²) in [6.07, 6.45) is 8.10. The number of nitrogens with zero attached hydrogens (tertiary/aromatic N) is 4. The van der Waals surface area contributed by atoms with Gasteiger partial charge in [0.2, 0.25) is 0 Å². The summed E-state index contributed by atoms with van der Waals surface area (Å²) >= 11 is 6.98. The van der Waals surface area contributed by atoms with Crippen LogP contribution < -0.4 is 0 Å². The third-order valence-electron chi connectivity index (χ3n) is 4.31. The molecule has 4 nitrogen and oxygen atoms in total. The number of fused-ring (bicyclic) bond motifs is 2. The summed E-state index contributed by atoms with van der Waals surface area (Å²) in [7, 11) is 0. The Labute approximate surface area is 166 Å². The van der Waals surface area contributed by atoms with Gasteiger partial charge < -0.3 is 8.80 Å². The first-order valence-corrected chi connectivity index (χ1v) is 9.64. The molecule has 6 heteroatoms. The summed E-state index contributed by atoms with van der Waals surface area (Å²) in [4.78, 5) is 9.38. The molecule has 0 N–H and O–H groups in total. The molecule has 26 heavy (non-hydrogen) atoms. The van der Waals surface area contributed by atoms with Crippen molar-refractivity contribution >= 4 is 43.2 Å². The number of rotatable bonds is 2. The van der Waals surface area contributed by atoms with Gasteiger partial charge in [-0.15, -0.1) is 0 Å². The van der Waals surface area contributed by atoms with E-state index in [4.69, 9.17) is 0 Å². The molecule has 4 heterocycles. The molecule has 0 amide bonds. The second-order valence-corrected chi connectivity index (χ2v) is 7.89. The highest BCUT2D eigenvalue weighted by Crippen LogP contribution is 2.25. The van der Waals surface area contributed by atoms with Crippen molar-refractivity contribution in [2.45, 2.75) is 0 Å². The Morgan fingerprint density at radius 3 is 1.38 bits per heavy atom. The molecule has 0 aliphatic rings. The van der Waals surface area contributed by atoms with Crippen LogP contribution in [0, 0.1) is 0 Å². The van der Waals surface area contributed by atoms with E-state index in [1.165, 1.54) is 0 Å². The number of pyridine rings is 2. The fraction of sp³-hybridized carbons (Fsp3) is 0. The first-order chi connectivity index (χ1) is 12.7. The number of hydrogen-bond acceptors (Lipinski definition) is 2. The molecule has 0 fully saturated rings. The largest absolute Gasteiger partial charge is 0.305 e. The van der Waals surface area contributed by atoms with Gasteiger partial charge >= 0.3 is 0 Å². The number of imidazole rings is 2. The highest BCUT2D eigenvalue weighted by atomic mass is 79.9. The molecule has 5 aromatic rings. The van der Waals surface area contributed by atoms with Gasteiger partial charge in [-0.2, -0.15) is 0 Å². The Morgan fingerprint density at radius 1 is 0.538 bits per heavy atom. The van der Waals surface area contributed by atoms with Gasteiger partial charge in [0, 0.05) is 44.9 Å². The second-order valence-electron chi connectivity index (χ2n) is 6.06. The molecule has 5 rings (SSSR count). The lowest BCUT2D eigenvalue weighted by atomic mass is 10.1. The van der Waals surface area contributed by atoms with Crippen molar-refractivity contribution in [1.82, 2.24) is 18.8 Å². The van der Waals surface area contributed by atoms with Gasteiger partial charge in [0.15, 0.2) is 0 Å². The smallest absolute Gasteiger partial charge is 0.137 e. The molecule has 1 aromatic carbocycles. The van der Waals surface area contributed by atoms with Gasteiger partial charge in [-0.1, -0.05) is 24.3 Å². The summed E-state index contributed by atoms with van der Waals surface area (Å²) in [5, 5.41) is 0. The van der Waals surface area contributed by atoms with Crippen LogP contribution in [0.4, 0.5) is 0 Å². The van der Waals surface area contributed by atoms with E-state index in [1.807, 2.05) is 57.9 Å². The normalized spacial score (nSPS) is 11.5. The van der Waals surface area contributed by atoms with Crippen molar-refractivity contribution in [3.63, 3.8) is 0 Å². The molecule has 0 aliphatic heterocycles. The van der Waals surface area contributed by atoms with E-state index in [9.17, 15) is 0 Å². The number of hydrogen-bond donors (Lipinski definition) is 0. The average molecular weight is 468 g/mol. The molecule has 4 aromatic heterocycles. The fourth-order valence-corrected chi connectivity index (χ4v) is 3.72. The molecular weight excluding hydrogens is 456 g/mol. The Bertz CT molecular complexity index is 1150. The minimum atomic E-state index is 0.929. The van der Waals surface area contributed by atoms with Crippen molar-refractivity contribution in [3.05, 3.63) is 82.3 Å². The van der Waals surface area contributed by atoms with Crippen LogP contribution in [0.2, 0.25) is 0 Å². The lowest BCUT2D eigenvalue weighted by Gasteiger charge is -1.99. The molecule has 0 saturated carbocycles. The summed E-state index contributed by atoms with van der Waals surface area (Å²) in [6.45, 7) is 0. The molecule has 0 saturated heterocycles. The lowest BCUT2D eigenvalue weighted by molar-refractivity contribution is 1.17. The first-order valence-electron chi connectivity index (χ1n) is 8.05. The zero-order valence-corrected chi connectivity index (χ0v) is 16.6. The zero-order valence-electron chi connectivity index (χ0n) is 13.5. The molecule has 0 bridgehead atoms. The summed E-state index contributed by atoms with van der Waals surface area (Å²) < 4.78 is 6.10. The number of aromatic nitrogens is 4. The second kappa shape index (κ2) is 6.07. The van der Waals surface area contributed by atoms with Crippen molar-refractivity contribution < 1.29 is 0 Å². The molecular formula is C20H12Br2N4. The van der Waals surface area contributed by atoms with Crippen molar-refractivity contribution in [3.8, 4) is 22.5 Å². The maximum absolute atomic E-state index is 4.69. The Kier molecular flexibility index (Phi) is 3.69. The maximum atomic E-state index is 4.69. The molecule has 126 valence electrons. The van der Waals surface area contributed by atoms with Crippen LogP contribution in [-0.4, -0.2) is 18.8 Å². The van der Waals surface area contributed by atoms with Crippen LogP contribution in [0.1, 0.15) is 0 Å². The van der Waals surface area contributed by atoms with Crippen LogP contribution >= 0.6 is 31.9 Å². The quantitative estimate of drug-likeness (QED) is 0.326. The van der Waals surface area contributed by atoms with Gasteiger partial charge in [-0.25, -0.2) is 9.97 Å². The van der Waals surface area contributed by atoms with Crippen LogP contribution in [0.25, 0.3) is 33.8 Å². The average Bonchev–Trinajstić information content (AvgIpc) is 3.25. The highest BCUT2D eigenvalue weighted by Gasteiger charge is 2.08. The van der Waals surface area contributed by atoms with Crippen molar-refractivity contribution in [2.75, 3.05) is 0 Å². The summed E-state index contributed by atoms with van der Waals surface area (Å²) in [5.41, 5.74) is 5.93. The van der Waals surface area contributed by atoms with E-state index in [-0.39, 0.29) is 0 Å². The summed E-state index contributed by atoms with van der Waals surface area (Å²) in [5.74, 6) is 0. The predicted octanol–water partition coefficient (Wildman–Crippen LogP) is 5.84.